The zero-order chi connectivity index (χ0) is 14.0. The van der Waals surface area contributed by atoms with Crippen molar-refractivity contribution in [2.24, 2.45) is 0 Å². The third-order valence-electron chi connectivity index (χ3n) is 3.73. The third kappa shape index (κ3) is 3.36. The summed E-state index contributed by atoms with van der Waals surface area (Å²) in [7, 11) is -2.94. The number of nitrogens with one attached hydrogen (secondary N) is 1. The van der Waals surface area contributed by atoms with Gasteiger partial charge < -0.3 is 14.6 Å². The Morgan fingerprint density at radius 3 is 3.05 bits per heavy atom. The van der Waals surface area contributed by atoms with E-state index < -0.39 is 9.84 Å². The van der Waals surface area contributed by atoms with Crippen molar-refractivity contribution >= 4 is 9.84 Å². The van der Waals surface area contributed by atoms with Crippen LogP contribution < -0.4 is 5.32 Å². The number of nitrogens with zero attached hydrogens (tertiary/aromatic N) is 2. The predicted octanol–water partition coefficient (Wildman–Crippen LogP) is -0.107. The number of ether oxygens (including phenoxy) is 1. The highest BCUT2D eigenvalue weighted by atomic mass is 32.2. The summed E-state index contributed by atoms with van der Waals surface area (Å²) in [5.74, 6) is 1.72. The summed E-state index contributed by atoms with van der Waals surface area (Å²) in [5.41, 5.74) is 0. The van der Waals surface area contributed by atoms with Crippen LogP contribution in [0.3, 0.4) is 0 Å². The van der Waals surface area contributed by atoms with E-state index in [1.165, 1.54) is 0 Å². The van der Waals surface area contributed by atoms with Crippen molar-refractivity contribution in [1.29, 1.82) is 0 Å². The average Bonchev–Trinajstić information content (AvgIpc) is 2.87. The second-order valence-electron chi connectivity index (χ2n) is 5.43. The molecule has 2 atom stereocenters. The van der Waals surface area contributed by atoms with Crippen molar-refractivity contribution in [3.8, 4) is 0 Å². The number of hydrogen-bond donors (Lipinski definition) is 1. The smallest absolute Gasteiger partial charge is 0.228 e. The summed E-state index contributed by atoms with van der Waals surface area (Å²) in [4.78, 5) is 4.38. The molecule has 3 heterocycles. The molecule has 0 bridgehead atoms. The van der Waals surface area contributed by atoms with Gasteiger partial charge in [0.1, 0.15) is 0 Å². The summed E-state index contributed by atoms with van der Waals surface area (Å²) in [6.45, 7) is 1.92. The van der Waals surface area contributed by atoms with Gasteiger partial charge in [-0.05, 0) is 12.8 Å². The first kappa shape index (κ1) is 14.0. The molecule has 1 aromatic rings. The second kappa shape index (κ2) is 5.79. The van der Waals surface area contributed by atoms with Crippen molar-refractivity contribution in [2.75, 3.05) is 31.3 Å². The van der Waals surface area contributed by atoms with Crippen molar-refractivity contribution in [3.05, 3.63) is 11.7 Å². The van der Waals surface area contributed by atoms with Crippen LogP contribution in [0.1, 0.15) is 30.5 Å². The maximum atomic E-state index is 11.6. The molecule has 2 saturated heterocycles. The Kier molecular flexibility index (Phi) is 4.04. The molecule has 0 aliphatic carbocycles. The topological polar surface area (TPSA) is 94.3 Å². The minimum Gasteiger partial charge on any atom is -0.381 e. The minimum absolute atomic E-state index is 0.135. The molecule has 2 fully saturated rings. The van der Waals surface area contributed by atoms with Gasteiger partial charge in [0.2, 0.25) is 5.89 Å². The molecule has 0 spiro atoms. The van der Waals surface area contributed by atoms with Crippen LogP contribution in [0.4, 0.5) is 0 Å². The first-order chi connectivity index (χ1) is 9.62. The molecular weight excluding hydrogens is 282 g/mol. The van der Waals surface area contributed by atoms with E-state index in [9.17, 15) is 8.42 Å². The van der Waals surface area contributed by atoms with E-state index in [1.807, 2.05) is 0 Å². The highest BCUT2D eigenvalue weighted by Crippen LogP contribution is 2.23. The molecule has 2 aliphatic rings. The Bertz CT molecular complexity index is 551. The fraction of sp³-hybridized carbons (Fsp3) is 0.833. The molecular formula is C12H19N3O4S. The molecule has 20 heavy (non-hydrogen) atoms. The average molecular weight is 301 g/mol. The van der Waals surface area contributed by atoms with Gasteiger partial charge in [0.15, 0.2) is 15.7 Å². The standard InChI is InChI=1S/C12H19N3O4S/c16-20(17)5-3-13-10(8-20)6-11-14-12(15-19-11)9-2-1-4-18-7-9/h9-10,13H,1-8H2. The molecule has 3 rings (SSSR count). The Balaban J connectivity index is 1.62. The van der Waals surface area contributed by atoms with Crippen LogP contribution in [0, 0.1) is 0 Å². The van der Waals surface area contributed by atoms with Crippen LogP contribution in [0.15, 0.2) is 4.52 Å². The lowest BCUT2D eigenvalue weighted by Gasteiger charge is -2.22. The highest BCUT2D eigenvalue weighted by Gasteiger charge is 2.27. The Morgan fingerprint density at radius 2 is 2.30 bits per heavy atom. The number of rotatable bonds is 3. The lowest BCUT2D eigenvalue weighted by molar-refractivity contribution is 0.0773. The largest absolute Gasteiger partial charge is 0.381 e. The van der Waals surface area contributed by atoms with E-state index >= 15 is 0 Å². The van der Waals surface area contributed by atoms with Crippen LogP contribution in [0.5, 0.6) is 0 Å². The van der Waals surface area contributed by atoms with Gasteiger partial charge in [-0.1, -0.05) is 5.16 Å². The van der Waals surface area contributed by atoms with E-state index in [4.69, 9.17) is 9.26 Å². The van der Waals surface area contributed by atoms with E-state index in [0.29, 0.717) is 31.3 Å². The van der Waals surface area contributed by atoms with Crippen LogP contribution in [0.2, 0.25) is 0 Å². The Labute approximate surface area is 118 Å². The fourth-order valence-electron chi connectivity index (χ4n) is 2.67. The third-order valence-corrected chi connectivity index (χ3v) is 5.47. The lowest BCUT2D eigenvalue weighted by Crippen LogP contribution is -2.46. The van der Waals surface area contributed by atoms with E-state index in [0.717, 1.165) is 19.4 Å². The molecule has 0 amide bonds. The first-order valence-electron chi connectivity index (χ1n) is 6.96. The zero-order valence-corrected chi connectivity index (χ0v) is 12.1. The quantitative estimate of drug-likeness (QED) is 0.832. The SMILES string of the molecule is O=S1(=O)CCNC(Cc2nc(C3CCCOC3)no2)C1. The van der Waals surface area contributed by atoms with E-state index in [1.54, 1.807) is 0 Å². The lowest BCUT2D eigenvalue weighted by atomic mass is 10.0. The number of hydrogen-bond acceptors (Lipinski definition) is 7. The van der Waals surface area contributed by atoms with Crippen LogP contribution >= 0.6 is 0 Å². The normalized spacial score (nSPS) is 30.2. The monoisotopic (exact) mass is 301 g/mol. The van der Waals surface area contributed by atoms with Gasteiger partial charge in [0.25, 0.3) is 0 Å². The van der Waals surface area contributed by atoms with E-state index in [2.05, 4.69) is 15.5 Å². The molecule has 1 aromatic heterocycles. The van der Waals surface area contributed by atoms with Gasteiger partial charge in [-0.2, -0.15) is 4.98 Å². The first-order valence-corrected chi connectivity index (χ1v) is 8.78. The molecule has 2 aliphatic heterocycles. The van der Waals surface area contributed by atoms with Crippen molar-refractivity contribution in [1.82, 2.24) is 15.5 Å². The maximum Gasteiger partial charge on any atom is 0.228 e. The summed E-state index contributed by atoms with van der Waals surface area (Å²) >= 11 is 0. The summed E-state index contributed by atoms with van der Waals surface area (Å²) in [6, 6.07) is -0.135. The summed E-state index contributed by atoms with van der Waals surface area (Å²) < 4.78 is 33.8. The van der Waals surface area contributed by atoms with Gasteiger partial charge in [0.05, 0.1) is 18.1 Å². The molecule has 1 N–H and O–H groups in total. The van der Waals surface area contributed by atoms with Gasteiger partial charge >= 0.3 is 0 Å². The van der Waals surface area contributed by atoms with Crippen LogP contribution in [0.25, 0.3) is 0 Å². The molecule has 7 nitrogen and oxygen atoms in total. The van der Waals surface area contributed by atoms with Crippen LogP contribution in [-0.4, -0.2) is 55.9 Å². The summed E-state index contributed by atoms with van der Waals surface area (Å²) in [6.07, 6.45) is 2.48. The molecule has 0 radical (unpaired) electrons. The molecule has 0 aromatic carbocycles. The Hall–Kier alpha value is -0.990. The zero-order valence-electron chi connectivity index (χ0n) is 11.2. The second-order valence-corrected chi connectivity index (χ2v) is 7.66. The van der Waals surface area contributed by atoms with Crippen LogP contribution in [-0.2, 0) is 21.0 Å². The van der Waals surface area contributed by atoms with Crippen molar-refractivity contribution in [2.45, 2.75) is 31.2 Å². The number of sulfone groups is 1. The highest BCUT2D eigenvalue weighted by molar-refractivity contribution is 7.91. The molecule has 8 heteroatoms. The number of aromatic nitrogens is 2. The van der Waals surface area contributed by atoms with Gasteiger partial charge in [-0.25, -0.2) is 8.42 Å². The van der Waals surface area contributed by atoms with Crippen molar-refractivity contribution < 1.29 is 17.7 Å². The van der Waals surface area contributed by atoms with Gasteiger partial charge in [0, 0.05) is 31.5 Å². The maximum absolute atomic E-state index is 11.6. The molecule has 112 valence electrons. The predicted molar refractivity (Wildman–Crippen MR) is 71.2 cm³/mol. The molecule has 2 unspecified atom stereocenters. The van der Waals surface area contributed by atoms with Gasteiger partial charge in [-0.3, -0.25) is 0 Å². The minimum atomic E-state index is -2.94. The summed E-state index contributed by atoms with van der Waals surface area (Å²) in [5, 5.41) is 7.18. The Morgan fingerprint density at radius 1 is 1.40 bits per heavy atom. The van der Waals surface area contributed by atoms with Crippen molar-refractivity contribution in [3.63, 3.8) is 0 Å². The van der Waals surface area contributed by atoms with Gasteiger partial charge in [-0.15, -0.1) is 0 Å². The molecule has 0 saturated carbocycles. The fourth-order valence-corrected chi connectivity index (χ4v) is 4.11. The van der Waals surface area contributed by atoms with E-state index in [-0.39, 0.29) is 23.5 Å².